The molecule has 1 N–H and O–H groups in total. The lowest BCUT2D eigenvalue weighted by Crippen LogP contribution is -2.35. The Labute approximate surface area is 234 Å². The van der Waals surface area contributed by atoms with E-state index in [-0.39, 0.29) is 32.8 Å². The van der Waals surface area contributed by atoms with Gasteiger partial charge in [-0.15, -0.1) is 0 Å². The quantitative estimate of drug-likeness (QED) is 0.306. The zero-order valence-electron chi connectivity index (χ0n) is 20.9. The number of methoxy groups -OCH3 is 1. The smallest absolute Gasteiger partial charge is 0.339 e. The van der Waals surface area contributed by atoms with Crippen LogP contribution < -0.4 is 8.92 Å². The van der Waals surface area contributed by atoms with Gasteiger partial charge in [-0.05, 0) is 61.5 Å². The predicted molar refractivity (Wildman–Crippen MR) is 152 cm³/mol. The molecule has 2 aliphatic heterocycles. The molecule has 0 atom stereocenters. The van der Waals surface area contributed by atoms with E-state index in [4.69, 9.17) is 25.9 Å². The van der Waals surface area contributed by atoms with Gasteiger partial charge in [0.2, 0.25) is 10.9 Å². The highest BCUT2D eigenvalue weighted by molar-refractivity contribution is 8.27. The third-order valence-electron chi connectivity index (χ3n) is 5.82. The standard InChI is InChI=1S/C27H21ClN4O5S2/c1-15-4-8-18(9-5-15)26-31-32-24(29)20(25(33)30-27(32)38-26)12-17-13-21(28)23(22(14-17)36-3)37-39(34,35)19-10-6-16(2)7-11-19/h4-14,29H,1-3H3. The molecule has 0 radical (unpaired) electrons. The number of aryl methyl sites for hydroxylation is 2. The van der Waals surface area contributed by atoms with Gasteiger partial charge in [0.1, 0.15) is 9.94 Å². The number of amidine groups is 2. The molecule has 0 spiro atoms. The third kappa shape index (κ3) is 5.33. The van der Waals surface area contributed by atoms with Gasteiger partial charge in [-0.25, -0.2) is 0 Å². The van der Waals surface area contributed by atoms with Crippen molar-refractivity contribution in [3.63, 3.8) is 0 Å². The Morgan fingerprint density at radius 3 is 2.31 bits per heavy atom. The van der Waals surface area contributed by atoms with Crippen LogP contribution in [-0.4, -0.2) is 42.5 Å². The first-order chi connectivity index (χ1) is 18.6. The highest BCUT2D eigenvalue weighted by Gasteiger charge is 2.36. The zero-order valence-corrected chi connectivity index (χ0v) is 23.3. The number of nitrogens with one attached hydrogen (secondary N) is 1. The van der Waals surface area contributed by atoms with Gasteiger partial charge in [0.25, 0.3) is 5.91 Å². The summed E-state index contributed by atoms with van der Waals surface area (Å²) in [5.74, 6) is -0.940. The monoisotopic (exact) mass is 580 g/mol. The molecule has 3 aromatic carbocycles. The van der Waals surface area contributed by atoms with Crippen LogP contribution >= 0.6 is 23.4 Å². The molecule has 0 bridgehead atoms. The number of carbonyl (C=O) groups is 1. The van der Waals surface area contributed by atoms with Gasteiger partial charge in [0, 0.05) is 5.56 Å². The van der Waals surface area contributed by atoms with E-state index in [0.29, 0.717) is 15.8 Å². The molecule has 0 aromatic heterocycles. The van der Waals surface area contributed by atoms with E-state index in [1.54, 1.807) is 12.1 Å². The van der Waals surface area contributed by atoms with Crippen LogP contribution in [0.5, 0.6) is 11.5 Å². The number of hydrogen-bond donors (Lipinski definition) is 1. The van der Waals surface area contributed by atoms with Gasteiger partial charge in [0.15, 0.2) is 11.6 Å². The predicted octanol–water partition coefficient (Wildman–Crippen LogP) is 5.40. The van der Waals surface area contributed by atoms with E-state index < -0.39 is 16.0 Å². The lowest BCUT2D eigenvalue weighted by molar-refractivity contribution is -0.114. The van der Waals surface area contributed by atoms with Crippen LogP contribution in [0.2, 0.25) is 5.02 Å². The maximum atomic E-state index is 12.9. The van der Waals surface area contributed by atoms with E-state index in [9.17, 15) is 13.2 Å². The summed E-state index contributed by atoms with van der Waals surface area (Å²) in [7, 11) is -2.86. The van der Waals surface area contributed by atoms with E-state index in [2.05, 4.69) is 10.1 Å². The van der Waals surface area contributed by atoms with Crippen LogP contribution in [0.15, 0.2) is 81.2 Å². The molecule has 5 rings (SSSR count). The van der Waals surface area contributed by atoms with Crippen LogP contribution in [0.3, 0.4) is 0 Å². The lowest BCUT2D eigenvalue weighted by Gasteiger charge is -2.20. The van der Waals surface area contributed by atoms with Gasteiger partial charge in [-0.2, -0.15) is 23.5 Å². The lowest BCUT2D eigenvalue weighted by atomic mass is 10.1. The molecule has 0 fully saturated rings. The Morgan fingerprint density at radius 1 is 1.03 bits per heavy atom. The van der Waals surface area contributed by atoms with Gasteiger partial charge >= 0.3 is 10.1 Å². The van der Waals surface area contributed by atoms with Crippen molar-refractivity contribution in [1.29, 1.82) is 5.41 Å². The molecule has 198 valence electrons. The van der Waals surface area contributed by atoms with E-state index >= 15 is 0 Å². The zero-order chi connectivity index (χ0) is 27.9. The van der Waals surface area contributed by atoms with Crippen LogP contribution in [0.1, 0.15) is 22.3 Å². The number of halogens is 1. The first-order valence-electron chi connectivity index (χ1n) is 11.5. The average Bonchev–Trinajstić information content (AvgIpc) is 3.32. The van der Waals surface area contributed by atoms with Crippen molar-refractivity contribution in [3.05, 3.63) is 93.5 Å². The summed E-state index contributed by atoms with van der Waals surface area (Å²) in [6, 6.07) is 16.8. The fourth-order valence-electron chi connectivity index (χ4n) is 3.74. The Morgan fingerprint density at radius 2 is 1.67 bits per heavy atom. The fraction of sp³-hybridized carbons (Fsp3) is 0.111. The number of fused-ring (bicyclic) bond motifs is 1. The molecule has 0 unspecified atom stereocenters. The maximum Gasteiger partial charge on any atom is 0.339 e. The Bertz CT molecular complexity index is 1710. The molecule has 0 saturated carbocycles. The SMILES string of the molecule is COc1cc(C=C2C(=N)N3N=C(c4ccc(C)cc4)SC3=NC2=O)cc(Cl)c1OS(=O)(=O)c1ccc(C)cc1. The summed E-state index contributed by atoms with van der Waals surface area (Å²) in [6.07, 6.45) is 1.42. The number of nitrogens with zero attached hydrogens (tertiary/aromatic N) is 3. The fourth-order valence-corrected chi connectivity index (χ4v) is 5.90. The second kappa shape index (κ2) is 10.3. The van der Waals surface area contributed by atoms with Crippen molar-refractivity contribution in [1.82, 2.24) is 5.01 Å². The largest absolute Gasteiger partial charge is 0.493 e. The maximum absolute atomic E-state index is 12.9. The minimum Gasteiger partial charge on any atom is -0.493 e. The summed E-state index contributed by atoms with van der Waals surface area (Å²) in [5, 5.41) is 15.3. The number of carbonyl (C=O) groups excluding carboxylic acids is 1. The first-order valence-corrected chi connectivity index (χ1v) is 14.1. The number of benzene rings is 3. The minimum absolute atomic E-state index is 0.0210. The number of hydrogen-bond acceptors (Lipinski definition) is 8. The van der Waals surface area contributed by atoms with Crippen molar-refractivity contribution in [2.24, 2.45) is 10.1 Å². The Balaban J connectivity index is 1.45. The normalized spacial score (nSPS) is 16.2. The first kappa shape index (κ1) is 26.7. The molecule has 9 nitrogen and oxygen atoms in total. The second-order valence-corrected chi connectivity index (χ2v) is 11.6. The molecule has 0 saturated heterocycles. The van der Waals surface area contributed by atoms with Crippen molar-refractivity contribution in [2.75, 3.05) is 7.11 Å². The van der Waals surface area contributed by atoms with Crippen LogP contribution in [0.25, 0.3) is 6.08 Å². The van der Waals surface area contributed by atoms with E-state index in [1.165, 1.54) is 54.2 Å². The number of hydrazone groups is 1. The van der Waals surface area contributed by atoms with Crippen molar-refractivity contribution in [3.8, 4) is 11.5 Å². The summed E-state index contributed by atoms with van der Waals surface area (Å²) in [5.41, 5.74) is 3.20. The van der Waals surface area contributed by atoms with Crippen LogP contribution in [0.4, 0.5) is 0 Å². The summed E-state index contributed by atoms with van der Waals surface area (Å²) < 4.78 is 36.3. The van der Waals surface area contributed by atoms with Gasteiger partial charge < -0.3 is 8.92 Å². The Kier molecular flexibility index (Phi) is 7.06. The molecule has 12 heteroatoms. The highest BCUT2D eigenvalue weighted by Crippen LogP contribution is 2.39. The molecule has 39 heavy (non-hydrogen) atoms. The van der Waals surface area contributed by atoms with Crippen LogP contribution in [-0.2, 0) is 14.9 Å². The minimum atomic E-state index is -4.19. The molecular weight excluding hydrogens is 560 g/mol. The molecular formula is C27H21ClN4O5S2. The number of thioether (sulfide) groups is 1. The molecule has 0 aliphatic carbocycles. The summed E-state index contributed by atoms with van der Waals surface area (Å²) in [4.78, 5) is 16.9. The topological polar surface area (TPSA) is 121 Å². The average molecular weight is 581 g/mol. The van der Waals surface area contributed by atoms with Crippen molar-refractivity contribution < 1.29 is 22.1 Å². The van der Waals surface area contributed by atoms with Gasteiger partial charge in [-0.1, -0.05) is 59.1 Å². The second-order valence-electron chi connectivity index (χ2n) is 8.68. The van der Waals surface area contributed by atoms with E-state index in [1.807, 2.05) is 38.1 Å². The van der Waals surface area contributed by atoms with E-state index in [0.717, 1.165) is 16.7 Å². The summed E-state index contributed by atoms with van der Waals surface area (Å²) >= 11 is 7.62. The molecule has 2 heterocycles. The Hall–Kier alpha value is -3.93. The van der Waals surface area contributed by atoms with Crippen molar-refractivity contribution in [2.45, 2.75) is 18.7 Å². The molecule has 3 aromatic rings. The molecule has 2 aliphatic rings. The van der Waals surface area contributed by atoms with Crippen molar-refractivity contribution >= 4 is 61.5 Å². The summed E-state index contributed by atoms with van der Waals surface area (Å²) in [6.45, 7) is 3.82. The highest BCUT2D eigenvalue weighted by atomic mass is 35.5. The van der Waals surface area contributed by atoms with Crippen LogP contribution in [0, 0.1) is 19.3 Å². The number of aliphatic imine (C=N–C) groups is 1. The molecule has 1 amide bonds. The number of ether oxygens (including phenoxy) is 1. The van der Waals surface area contributed by atoms with Gasteiger partial charge in [-0.3, -0.25) is 10.2 Å². The number of rotatable bonds is 6. The number of amides is 1. The van der Waals surface area contributed by atoms with Gasteiger partial charge in [0.05, 0.1) is 17.7 Å². The third-order valence-corrected chi connectivity index (χ3v) is 8.29.